The Hall–Kier alpha value is -1.09. The molecule has 1 radical (unpaired) electrons. The van der Waals surface area contributed by atoms with Gasteiger partial charge in [-0.2, -0.15) is 0 Å². The summed E-state index contributed by atoms with van der Waals surface area (Å²) in [6, 6.07) is 5.50. The molecule has 59 valence electrons. The zero-order valence-corrected chi connectivity index (χ0v) is 6.44. The Labute approximate surface area is 66.3 Å². The monoisotopic (exact) mass is 151 g/mol. The Morgan fingerprint density at radius 2 is 2.36 bits per heavy atom. The van der Waals surface area contributed by atoms with Gasteiger partial charge in [0.2, 0.25) is 0 Å². The lowest BCUT2D eigenvalue weighted by Gasteiger charge is -2.20. The number of aromatic nitrogens is 1. The Morgan fingerprint density at radius 3 is 2.82 bits per heavy atom. The normalized spacial score (nSPS) is 12.6. The molecule has 0 amide bonds. The third-order valence-corrected chi connectivity index (χ3v) is 1.46. The van der Waals surface area contributed by atoms with Gasteiger partial charge in [0.1, 0.15) is 12.0 Å². The number of nitrogens with zero attached hydrogens (tertiary/aromatic N) is 2. The van der Waals surface area contributed by atoms with Crippen molar-refractivity contribution < 1.29 is 5.11 Å². The predicted octanol–water partition coefficient (Wildman–Crippen LogP) is 0.670. The molecular weight excluding hydrogens is 140 g/mol. The number of aliphatic hydroxyl groups is 1. The maximum absolute atomic E-state index is 9.05. The van der Waals surface area contributed by atoms with Crippen LogP contribution < -0.4 is 4.90 Å². The highest BCUT2D eigenvalue weighted by atomic mass is 16.3. The van der Waals surface area contributed by atoms with Crippen LogP contribution in [0.2, 0.25) is 0 Å². The van der Waals surface area contributed by atoms with Crippen molar-refractivity contribution in [1.29, 1.82) is 0 Å². The van der Waals surface area contributed by atoms with Crippen molar-refractivity contribution in [3.8, 4) is 0 Å². The summed E-state index contributed by atoms with van der Waals surface area (Å²) in [7, 11) is 1.74. The van der Waals surface area contributed by atoms with E-state index in [0.29, 0.717) is 0 Å². The van der Waals surface area contributed by atoms with Gasteiger partial charge in [-0.25, -0.2) is 4.98 Å². The fraction of sp³-hybridized carbons (Fsp3) is 0.250. The summed E-state index contributed by atoms with van der Waals surface area (Å²) < 4.78 is 0. The molecule has 0 spiro atoms. The molecule has 11 heavy (non-hydrogen) atoms. The van der Waals surface area contributed by atoms with Crippen LogP contribution in [-0.4, -0.2) is 23.4 Å². The number of hydrogen-bond donors (Lipinski definition) is 1. The summed E-state index contributed by atoms with van der Waals surface area (Å²) in [5, 5.41) is 9.05. The zero-order chi connectivity index (χ0) is 8.27. The van der Waals surface area contributed by atoms with E-state index in [1.54, 1.807) is 18.1 Å². The molecule has 0 aliphatic carbocycles. The molecule has 1 atom stereocenters. The minimum Gasteiger partial charge on any atom is -0.374 e. The van der Waals surface area contributed by atoms with Crippen LogP contribution in [0.1, 0.15) is 0 Å². The van der Waals surface area contributed by atoms with Gasteiger partial charge in [0.15, 0.2) is 0 Å². The summed E-state index contributed by atoms with van der Waals surface area (Å²) in [6.07, 6.45) is 0.929. The Balaban J connectivity index is 2.77. The Kier molecular flexibility index (Phi) is 2.44. The van der Waals surface area contributed by atoms with E-state index >= 15 is 0 Å². The second-order valence-electron chi connectivity index (χ2n) is 2.28. The number of aliphatic hydroxyl groups excluding tert-OH is 1. The van der Waals surface area contributed by atoms with Crippen LogP contribution in [0.4, 0.5) is 5.82 Å². The largest absolute Gasteiger partial charge is 0.374 e. The average Bonchev–Trinajstić information content (AvgIpc) is 2.05. The van der Waals surface area contributed by atoms with Crippen molar-refractivity contribution in [2.75, 3.05) is 11.9 Å². The van der Waals surface area contributed by atoms with Crippen LogP contribution >= 0.6 is 0 Å². The van der Waals surface area contributed by atoms with Crippen molar-refractivity contribution in [3.05, 3.63) is 31.3 Å². The topological polar surface area (TPSA) is 36.4 Å². The highest BCUT2D eigenvalue weighted by Gasteiger charge is 2.05. The smallest absolute Gasteiger partial charge is 0.130 e. The van der Waals surface area contributed by atoms with Gasteiger partial charge in [0, 0.05) is 13.2 Å². The molecule has 0 fully saturated rings. The minimum absolute atomic E-state index is 0.718. The minimum atomic E-state index is -0.745. The van der Waals surface area contributed by atoms with Crippen LogP contribution in [0.5, 0.6) is 0 Å². The number of hydrogen-bond acceptors (Lipinski definition) is 3. The van der Waals surface area contributed by atoms with E-state index in [2.05, 4.69) is 11.9 Å². The third-order valence-electron chi connectivity index (χ3n) is 1.46. The number of pyridine rings is 1. The summed E-state index contributed by atoms with van der Waals surface area (Å²) in [6.45, 7) is 3.46. The van der Waals surface area contributed by atoms with E-state index in [0.717, 1.165) is 5.82 Å². The van der Waals surface area contributed by atoms with E-state index in [1.165, 1.54) is 0 Å². The summed E-state index contributed by atoms with van der Waals surface area (Å²) in [4.78, 5) is 5.61. The third kappa shape index (κ3) is 1.91. The first-order valence-corrected chi connectivity index (χ1v) is 3.37. The van der Waals surface area contributed by atoms with Crippen molar-refractivity contribution in [3.63, 3.8) is 0 Å². The van der Waals surface area contributed by atoms with Crippen LogP contribution in [0.3, 0.4) is 0 Å². The van der Waals surface area contributed by atoms with Gasteiger partial charge in [-0.15, -0.1) is 0 Å². The molecule has 1 aromatic rings. The Morgan fingerprint density at radius 1 is 1.64 bits per heavy atom. The second kappa shape index (κ2) is 3.34. The lowest BCUT2D eigenvalue weighted by atomic mass is 10.4. The summed E-state index contributed by atoms with van der Waals surface area (Å²) >= 11 is 0. The molecule has 1 rings (SSSR count). The predicted molar refractivity (Wildman–Crippen MR) is 44.0 cm³/mol. The zero-order valence-electron chi connectivity index (χ0n) is 6.44. The SMILES string of the molecule is [CH2]C(O)N(C)c1ccccn1. The van der Waals surface area contributed by atoms with Gasteiger partial charge in [-0.1, -0.05) is 6.07 Å². The highest BCUT2D eigenvalue weighted by molar-refractivity contribution is 5.37. The molecule has 0 aliphatic heterocycles. The average molecular weight is 151 g/mol. The summed E-state index contributed by atoms with van der Waals surface area (Å²) in [5.74, 6) is 0.718. The van der Waals surface area contributed by atoms with Crippen LogP contribution in [0.25, 0.3) is 0 Å². The highest BCUT2D eigenvalue weighted by Crippen LogP contribution is 2.07. The number of anilines is 1. The number of rotatable bonds is 2. The van der Waals surface area contributed by atoms with E-state index in [1.807, 2.05) is 18.2 Å². The second-order valence-corrected chi connectivity index (χ2v) is 2.28. The van der Waals surface area contributed by atoms with Crippen molar-refractivity contribution >= 4 is 5.82 Å². The molecule has 1 heterocycles. The van der Waals surface area contributed by atoms with Gasteiger partial charge in [-0.3, -0.25) is 0 Å². The first-order chi connectivity index (χ1) is 5.22. The van der Waals surface area contributed by atoms with E-state index in [4.69, 9.17) is 5.11 Å². The van der Waals surface area contributed by atoms with Crippen molar-refractivity contribution in [1.82, 2.24) is 4.98 Å². The molecule has 0 aliphatic rings. The standard InChI is InChI=1S/C8H11N2O/c1-7(11)10(2)8-5-3-4-6-9-8/h3-7,11H,1H2,2H3. The van der Waals surface area contributed by atoms with Gasteiger partial charge in [0.05, 0.1) is 0 Å². The summed E-state index contributed by atoms with van der Waals surface area (Å²) in [5.41, 5.74) is 0. The van der Waals surface area contributed by atoms with Crippen molar-refractivity contribution in [2.45, 2.75) is 6.23 Å². The molecule has 3 heteroatoms. The van der Waals surface area contributed by atoms with Gasteiger partial charge in [-0.05, 0) is 19.1 Å². The molecule has 0 aromatic carbocycles. The van der Waals surface area contributed by atoms with Crippen molar-refractivity contribution in [2.24, 2.45) is 0 Å². The van der Waals surface area contributed by atoms with E-state index in [-0.39, 0.29) is 0 Å². The lowest BCUT2D eigenvalue weighted by molar-refractivity contribution is 0.220. The fourth-order valence-electron chi connectivity index (χ4n) is 0.715. The first kappa shape index (κ1) is 8.01. The lowest BCUT2D eigenvalue weighted by Crippen LogP contribution is -2.28. The van der Waals surface area contributed by atoms with Gasteiger partial charge in [0.25, 0.3) is 0 Å². The molecule has 1 N–H and O–H groups in total. The molecule has 3 nitrogen and oxygen atoms in total. The van der Waals surface area contributed by atoms with E-state index < -0.39 is 6.23 Å². The van der Waals surface area contributed by atoms with Gasteiger partial charge >= 0.3 is 0 Å². The molecule has 0 bridgehead atoms. The van der Waals surface area contributed by atoms with E-state index in [9.17, 15) is 0 Å². The van der Waals surface area contributed by atoms with Crippen LogP contribution in [0.15, 0.2) is 24.4 Å². The maximum Gasteiger partial charge on any atom is 0.130 e. The molecule has 0 saturated carbocycles. The van der Waals surface area contributed by atoms with Crippen LogP contribution in [-0.2, 0) is 0 Å². The molecule has 0 saturated heterocycles. The fourth-order valence-corrected chi connectivity index (χ4v) is 0.715. The maximum atomic E-state index is 9.05. The molecule has 1 unspecified atom stereocenters. The first-order valence-electron chi connectivity index (χ1n) is 3.37. The Bertz CT molecular complexity index is 211. The quantitative estimate of drug-likeness (QED) is 0.631. The van der Waals surface area contributed by atoms with Gasteiger partial charge < -0.3 is 10.0 Å². The van der Waals surface area contributed by atoms with Crippen LogP contribution in [0, 0.1) is 6.92 Å². The molecule has 1 aromatic heterocycles. The molecular formula is C8H11N2O.